The molecule has 7 nitrogen and oxygen atoms in total. The fraction of sp³-hybridized carbons (Fsp3) is 0.214. The van der Waals surface area contributed by atoms with Gasteiger partial charge in [-0.3, -0.25) is 14.5 Å². The van der Waals surface area contributed by atoms with Crippen molar-refractivity contribution in [2.45, 2.75) is 19.9 Å². The predicted octanol–water partition coefficient (Wildman–Crippen LogP) is 5.06. The summed E-state index contributed by atoms with van der Waals surface area (Å²) in [5, 5.41) is 21.8. The molecule has 1 amide bonds. The average Bonchev–Trinajstić information content (AvgIpc) is 3.13. The van der Waals surface area contributed by atoms with Crippen LogP contribution in [0.2, 0.25) is 0 Å². The van der Waals surface area contributed by atoms with Crippen molar-refractivity contribution in [3.05, 3.63) is 89.5 Å². The van der Waals surface area contributed by atoms with Crippen molar-refractivity contribution in [1.29, 1.82) is 0 Å². The standard InChI is InChI=1S/C28H27NO6/c1-17(2)16-35-21-8-6-7-19(15-21)26(31)24-25(18-11-13-20(34-3)14-12-18)29(28(33)27(24)32)22-9-4-5-10-23(22)30/h4-15,17,25,30-31H,16H2,1-3H3/b26-24+. The lowest BCUT2D eigenvalue weighted by Gasteiger charge is -2.26. The van der Waals surface area contributed by atoms with Crippen LogP contribution in [0.15, 0.2) is 78.4 Å². The van der Waals surface area contributed by atoms with Crippen molar-refractivity contribution >= 4 is 23.1 Å². The van der Waals surface area contributed by atoms with Crippen LogP contribution in [0.25, 0.3) is 5.76 Å². The molecule has 0 aromatic heterocycles. The average molecular weight is 474 g/mol. The molecule has 1 aliphatic rings. The van der Waals surface area contributed by atoms with Crippen LogP contribution in [0.4, 0.5) is 5.69 Å². The normalized spacial score (nSPS) is 17.1. The summed E-state index contributed by atoms with van der Waals surface area (Å²) in [6.45, 7) is 4.55. The van der Waals surface area contributed by atoms with E-state index in [1.807, 2.05) is 13.8 Å². The molecule has 1 aliphatic heterocycles. The Morgan fingerprint density at radius 1 is 0.971 bits per heavy atom. The predicted molar refractivity (Wildman–Crippen MR) is 133 cm³/mol. The van der Waals surface area contributed by atoms with E-state index in [4.69, 9.17) is 9.47 Å². The number of hydrogen-bond donors (Lipinski definition) is 2. The van der Waals surface area contributed by atoms with Gasteiger partial charge in [-0.25, -0.2) is 0 Å². The number of rotatable bonds is 7. The minimum Gasteiger partial charge on any atom is -0.507 e. The molecule has 35 heavy (non-hydrogen) atoms. The van der Waals surface area contributed by atoms with E-state index in [1.54, 1.807) is 66.7 Å². The van der Waals surface area contributed by atoms with Gasteiger partial charge in [0.2, 0.25) is 0 Å². The summed E-state index contributed by atoms with van der Waals surface area (Å²) >= 11 is 0. The third kappa shape index (κ3) is 4.71. The highest BCUT2D eigenvalue weighted by Crippen LogP contribution is 2.45. The van der Waals surface area contributed by atoms with E-state index >= 15 is 0 Å². The molecule has 0 bridgehead atoms. The first-order valence-corrected chi connectivity index (χ1v) is 11.3. The smallest absolute Gasteiger partial charge is 0.300 e. The van der Waals surface area contributed by atoms with Crippen molar-refractivity contribution in [1.82, 2.24) is 0 Å². The lowest BCUT2D eigenvalue weighted by Crippen LogP contribution is -2.29. The first-order valence-electron chi connectivity index (χ1n) is 11.3. The monoisotopic (exact) mass is 473 g/mol. The number of ketones is 1. The number of anilines is 1. The van der Waals surface area contributed by atoms with Crippen molar-refractivity contribution in [3.63, 3.8) is 0 Å². The van der Waals surface area contributed by atoms with E-state index in [2.05, 4.69) is 0 Å². The van der Waals surface area contributed by atoms with E-state index in [0.717, 1.165) is 0 Å². The molecule has 3 aromatic carbocycles. The van der Waals surface area contributed by atoms with Gasteiger partial charge in [0.1, 0.15) is 23.0 Å². The van der Waals surface area contributed by atoms with Crippen molar-refractivity contribution in [3.8, 4) is 17.2 Å². The van der Waals surface area contributed by atoms with Crippen molar-refractivity contribution < 1.29 is 29.3 Å². The number of aliphatic hydroxyl groups excluding tert-OH is 1. The Balaban J connectivity index is 1.87. The van der Waals surface area contributed by atoms with E-state index < -0.39 is 17.7 Å². The van der Waals surface area contributed by atoms with Gasteiger partial charge in [0.05, 0.1) is 31.0 Å². The Morgan fingerprint density at radius 2 is 1.69 bits per heavy atom. The maximum Gasteiger partial charge on any atom is 0.300 e. The van der Waals surface area contributed by atoms with Gasteiger partial charge in [-0.15, -0.1) is 0 Å². The zero-order valence-electron chi connectivity index (χ0n) is 19.8. The molecular formula is C28H27NO6. The number of Topliss-reactive ketones (excluding diaryl/α,β-unsaturated/α-hetero) is 1. The number of carbonyl (C=O) groups is 2. The number of para-hydroxylation sites is 2. The molecule has 3 aromatic rings. The Morgan fingerprint density at radius 3 is 2.34 bits per heavy atom. The Hall–Kier alpha value is -4.26. The lowest BCUT2D eigenvalue weighted by molar-refractivity contribution is -0.132. The van der Waals surface area contributed by atoms with E-state index in [-0.39, 0.29) is 22.8 Å². The quantitative estimate of drug-likeness (QED) is 0.283. The molecule has 1 unspecified atom stereocenters. The van der Waals surface area contributed by atoms with Gasteiger partial charge in [-0.1, -0.05) is 50.2 Å². The van der Waals surface area contributed by atoms with E-state index in [9.17, 15) is 19.8 Å². The van der Waals surface area contributed by atoms with Gasteiger partial charge in [-0.05, 0) is 47.9 Å². The highest BCUT2D eigenvalue weighted by molar-refractivity contribution is 6.51. The van der Waals surface area contributed by atoms with Crippen LogP contribution in [0.5, 0.6) is 17.2 Å². The molecule has 2 N–H and O–H groups in total. The molecule has 1 saturated heterocycles. The molecular weight excluding hydrogens is 446 g/mol. The van der Waals surface area contributed by atoms with Crippen molar-refractivity contribution in [2.75, 3.05) is 18.6 Å². The second-order valence-electron chi connectivity index (χ2n) is 8.66. The molecule has 1 heterocycles. The van der Waals surface area contributed by atoms with Crippen LogP contribution in [-0.4, -0.2) is 35.6 Å². The van der Waals surface area contributed by atoms with Gasteiger partial charge in [-0.2, -0.15) is 0 Å². The molecule has 7 heteroatoms. The Kier molecular flexibility index (Phi) is 6.78. The third-order valence-corrected chi connectivity index (χ3v) is 5.71. The van der Waals surface area contributed by atoms with Crippen LogP contribution in [0.3, 0.4) is 0 Å². The molecule has 180 valence electrons. The zero-order chi connectivity index (χ0) is 25.1. The molecule has 0 radical (unpaired) electrons. The van der Waals surface area contributed by atoms with Crippen LogP contribution < -0.4 is 14.4 Å². The lowest BCUT2D eigenvalue weighted by atomic mass is 9.95. The van der Waals surface area contributed by atoms with Crippen LogP contribution in [-0.2, 0) is 9.59 Å². The summed E-state index contributed by atoms with van der Waals surface area (Å²) in [4.78, 5) is 27.7. The number of ether oxygens (including phenoxy) is 2. The summed E-state index contributed by atoms with van der Waals surface area (Å²) in [5.74, 6) is -0.719. The van der Waals surface area contributed by atoms with E-state index in [0.29, 0.717) is 35.2 Å². The van der Waals surface area contributed by atoms with Gasteiger partial charge in [0.15, 0.2) is 0 Å². The zero-order valence-corrected chi connectivity index (χ0v) is 19.8. The highest BCUT2D eigenvalue weighted by Gasteiger charge is 2.47. The minimum atomic E-state index is -0.963. The molecule has 1 atom stereocenters. The van der Waals surface area contributed by atoms with Crippen LogP contribution in [0, 0.1) is 5.92 Å². The van der Waals surface area contributed by atoms with Gasteiger partial charge in [0, 0.05) is 5.56 Å². The summed E-state index contributed by atoms with van der Waals surface area (Å²) in [7, 11) is 1.54. The fourth-order valence-corrected chi connectivity index (χ4v) is 4.00. The SMILES string of the molecule is COc1ccc(C2/C(=C(\O)c3cccc(OCC(C)C)c3)C(=O)C(=O)N2c2ccccc2O)cc1. The number of aromatic hydroxyl groups is 1. The number of carbonyl (C=O) groups excluding carboxylic acids is 2. The fourth-order valence-electron chi connectivity index (χ4n) is 4.00. The number of nitrogens with zero attached hydrogens (tertiary/aromatic N) is 1. The summed E-state index contributed by atoms with van der Waals surface area (Å²) in [6, 6.07) is 18.9. The highest BCUT2D eigenvalue weighted by atomic mass is 16.5. The Labute approximate surface area is 203 Å². The maximum atomic E-state index is 13.3. The molecule has 0 spiro atoms. The number of phenolic OH excluding ortho intramolecular Hbond substituents is 1. The molecule has 4 rings (SSSR count). The number of phenols is 1. The summed E-state index contributed by atoms with van der Waals surface area (Å²) < 4.78 is 11.0. The van der Waals surface area contributed by atoms with Crippen LogP contribution >= 0.6 is 0 Å². The first kappa shape index (κ1) is 23.9. The number of methoxy groups -OCH3 is 1. The molecule has 0 saturated carbocycles. The topological polar surface area (TPSA) is 96.3 Å². The van der Waals surface area contributed by atoms with Gasteiger partial charge < -0.3 is 19.7 Å². The second kappa shape index (κ2) is 9.93. The van der Waals surface area contributed by atoms with Crippen LogP contribution in [0.1, 0.15) is 31.0 Å². The third-order valence-electron chi connectivity index (χ3n) is 5.71. The van der Waals surface area contributed by atoms with Gasteiger partial charge in [0.25, 0.3) is 11.7 Å². The second-order valence-corrected chi connectivity index (χ2v) is 8.66. The molecule has 1 fully saturated rings. The maximum absolute atomic E-state index is 13.3. The summed E-state index contributed by atoms with van der Waals surface area (Å²) in [6.07, 6.45) is 0. The minimum absolute atomic E-state index is 0.0792. The number of hydrogen-bond acceptors (Lipinski definition) is 6. The largest absolute Gasteiger partial charge is 0.507 e. The molecule has 0 aliphatic carbocycles. The first-order chi connectivity index (χ1) is 16.8. The number of aliphatic hydroxyl groups is 1. The number of benzene rings is 3. The Bertz CT molecular complexity index is 1280. The van der Waals surface area contributed by atoms with E-state index in [1.165, 1.54) is 18.1 Å². The summed E-state index contributed by atoms with van der Waals surface area (Å²) in [5.41, 5.74) is 1.01. The van der Waals surface area contributed by atoms with Gasteiger partial charge >= 0.3 is 0 Å². The van der Waals surface area contributed by atoms with Crippen molar-refractivity contribution in [2.24, 2.45) is 5.92 Å². The number of amides is 1.